The van der Waals surface area contributed by atoms with Crippen molar-refractivity contribution in [3.05, 3.63) is 52.2 Å². The van der Waals surface area contributed by atoms with Gasteiger partial charge in [0, 0.05) is 11.3 Å². The molecule has 0 saturated heterocycles. The van der Waals surface area contributed by atoms with E-state index in [0.29, 0.717) is 11.3 Å². The molecule has 0 bridgehead atoms. The number of amides is 1. The van der Waals surface area contributed by atoms with Gasteiger partial charge in [-0.2, -0.15) is 0 Å². The second-order valence-electron chi connectivity index (χ2n) is 5.62. The minimum Gasteiger partial charge on any atom is -0.321 e. The average molecular weight is 331 g/mol. The monoisotopic (exact) mass is 331 g/mol. The van der Waals surface area contributed by atoms with Crippen LogP contribution in [0.15, 0.2) is 41.8 Å². The Morgan fingerprint density at radius 1 is 1.26 bits per heavy atom. The van der Waals surface area contributed by atoms with Crippen LogP contribution in [0.1, 0.15) is 36.0 Å². The molecule has 0 aliphatic heterocycles. The van der Waals surface area contributed by atoms with Gasteiger partial charge in [0.05, 0.1) is 11.4 Å². The number of carbonyl (C=O) groups is 2. The highest BCUT2D eigenvalue weighted by molar-refractivity contribution is 7.09. The summed E-state index contributed by atoms with van der Waals surface area (Å²) in [7, 11) is 0. The molecule has 1 aromatic carbocycles. The van der Waals surface area contributed by atoms with E-state index in [1.165, 1.54) is 16.7 Å². The summed E-state index contributed by atoms with van der Waals surface area (Å²) in [5.41, 5.74) is 1.27. The second-order valence-corrected chi connectivity index (χ2v) is 6.65. The molecule has 0 aliphatic rings. The van der Waals surface area contributed by atoms with Crippen LogP contribution >= 0.6 is 11.3 Å². The fourth-order valence-electron chi connectivity index (χ4n) is 2.47. The average Bonchev–Trinajstić information content (AvgIpc) is 3.05. The van der Waals surface area contributed by atoms with E-state index in [9.17, 15) is 9.59 Å². The molecule has 1 unspecified atom stereocenters. The molecule has 2 rings (SSSR count). The van der Waals surface area contributed by atoms with Crippen molar-refractivity contribution in [3.8, 4) is 0 Å². The Labute approximate surface area is 141 Å². The summed E-state index contributed by atoms with van der Waals surface area (Å²) in [4.78, 5) is 26.4. The Hall–Kier alpha value is -1.98. The van der Waals surface area contributed by atoms with Crippen LogP contribution in [0.25, 0.3) is 0 Å². The third kappa shape index (κ3) is 4.74. The van der Waals surface area contributed by atoms with E-state index in [-0.39, 0.29) is 17.7 Å². The molecule has 0 saturated carbocycles. The molecule has 1 aromatic heterocycles. The number of quaternary nitrogens is 1. The normalized spacial score (nSPS) is 13.3. The van der Waals surface area contributed by atoms with Crippen LogP contribution in [0, 0.1) is 0 Å². The van der Waals surface area contributed by atoms with Crippen molar-refractivity contribution in [1.82, 2.24) is 0 Å². The van der Waals surface area contributed by atoms with Gasteiger partial charge in [-0.25, -0.2) is 0 Å². The lowest BCUT2D eigenvalue weighted by Gasteiger charge is -2.23. The highest BCUT2D eigenvalue weighted by atomic mass is 32.1. The Bertz CT molecular complexity index is 667. The molecule has 122 valence electrons. The number of likely N-dealkylation sites (N-methyl/N-ethyl adjacent to an activating group) is 1. The Kier molecular flexibility index (Phi) is 6.07. The fourth-order valence-corrected chi connectivity index (χ4v) is 3.23. The van der Waals surface area contributed by atoms with Crippen molar-refractivity contribution < 1.29 is 14.5 Å². The molecule has 0 fully saturated rings. The molecule has 1 heterocycles. The highest BCUT2D eigenvalue weighted by Crippen LogP contribution is 2.11. The van der Waals surface area contributed by atoms with Crippen LogP contribution in [0.3, 0.4) is 0 Å². The minimum absolute atomic E-state index is 0.00680. The van der Waals surface area contributed by atoms with Gasteiger partial charge in [0.25, 0.3) is 5.91 Å². The number of hydrogen-bond acceptors (Lipinski definition) is 3. The Balaban J connectivity index is 2.03. The number of anilines is 1. The number of benzene rings is 1. The third-order valence-electron chi connectivity index (χ3n) is 3.98. The number of carbonyl (C=O) groups excluding carboxylic acids is 2. The van der Waals surface area contributed by atoms with Gasteiger partial charge < -0.3 is 10.2 Å². The van der Waals surface area contributed by atoms with Crippen LogP contribution in [0.2, 0.25) is 0 Å². The van der Waals surface area contributed by atoms with Gasteiger partial charge in [0.1, 0.15) is 6.54 Å². The van der Waals surface area contributed by atoms with Crippen molar-refractivity contribution in [3.63, 3.8) is 0 Å². The van der Waals surface area contributed by atoms with E-state index in [2.05, 4.69) is 23.7 Å². The molecule has 4 nitrogen and oxygen atoms in total. The molecule has 5 heteroatoms. The maximum absolute atomic E-state index is 12.5. The summed E-state index contributed by atoms with van der Waals surface area (Å²) < 4.78 is 0. The van der Waals surface area contributed by atoms with Gasteiger partial charge >= 0.3 is 0 Å². The summed E-state index contributed by atoms with van der Waals surface area (Å²) >= 11 is 1.71. The molecule has 2 N–H and O–H groups in total. The number of hydrogen-bond donors (Lipinski definition) is 2. The topological polar surface area (TPSA) is 50.6 Å². The summed E-state index contributed by atoms with van der Waals surface area (Å²) in [5.74, 6) is -0.0354. The first-order chi connectivity index (χ1) is 11.0. The minimum atomic E-state index is -0.164. The van der Waals surface area contributed by atoms with Crippen LogP contribution in [-0.4, -0.2) is 24.3 Å². The van der Waals surface area contributed by atoms with E-state index in [4.69, 9.17) is 0 Å². The van der Waals surface area contributed by atoms with E-state index < -0.39 is 0 Å². The van der Waals surface area contributed by atoms with E-state index in [1.54, 1.807) is 29.5 Å². The quantitative estimate of drug-likeness (QED) is 0.766. The first-order valence-corrected chi connectivity index (χ1v) is 8.68. The van der Waals surface area contributed by atoms with Gasteiger partial charge in [-0.15, -0.1) is 11.3 Å². The molecule has 2 atom stereocenters. The molecule has 0 aliphatic carbocycles. The SMILES string of the molecule is CC[NH+](Cc1cccs1)[C@H](C)C(=O)Nc1cccc(C(C)=O)c1. The van der Waals surface area contributed by atoms with Gasteiger partial charge in [-0.1, -0.05) is 18.2 Å². The van der Waals surface area contributed by atoms with Crippen molar-refractivity contribution in [2.45, 2.75) is 33.4 Å². The van der Waals surface area contributed by atoms with Crippen molar-refractivity contribution in [2.24, 2.45) is 0 Å². The molecule has 23 heavy (non-hydrogen) atoms. The zero-order chi connectivity index (χ0) is 16.8. The first kappa shape index (κ1) is 17.4. The molecular formula is C18H23N2O2S+. The standard InChI is InChI=1S/C18H22N2O2S/c1-4-20(12-17-9-6-10-23-17)13(2)18(22)19-16-8-5-7-15(11-16)14(3)21/h5-11,13H,4,12H2,1-3H3,(H,19,22)/p+1/t13-/m1/s1. The summed E-state index contributed by atoms with van der Waals surface area (Å²) in [6.07, 6.45) is 0. The van der Waals surface area contributed by atoms with Crippen LogP contribution in [0.4, 0.5) is 5.69 Å². The molecule has 2 aromatic rings. The van der Waals surface area contributed by atoms with E-state index >= 15 is 0 Å². The Morgan fingerprint density at radius 3 is 2.65 bits per heavy atom. The number of rotatable bonds is 7. The number of Topliss-reactive ketones (excluding diaryl/α,β-unsaturated/α-hetero) is 1. The summed E-state index contributed by atoms with van der Waals surface area (Å²) in [6, 6.07) is 11.0. The Morgan fingerprint density at radius 2 is 2.04 bits per heavy atom. The lowest BCUT2D eigenvalue weighted by Crippen LogP contribution is -3.15. The fraction of sp³-hybridized carbons (Fsp3) is 0.333. The van der Waals surface area contributed by atoms with Crippen molar-refractivity contribution >= 4 is 28.7 Å². The van der Waals surface area contributed by atoms with E-state index in [0.717, 1.165) is 13.1 Å². The smallest absolute Gasteiger partial charge is 0.282 e. The summed E-state index contributed by atoms with van der Waals surface area (Å²) in [6.45, 7) is 7.27. The maximum atomic E-state index is 12.5. The molecule has 0 spiro atoms. The van der Waals surface area contributed by atoms with Crippen molar-refractivity contribution in [2.75, 3.05) is 11.9 Å². The third-order valence-corrected chi connectivity index (χ3v) is 4.85. The van der Waals surface area contributed by atoms with Gasteiger partial charge in [0.2, 0.25) is 0 Å². The van der Waals surface area contributed by atoms with Crippen LogP contribution in [0.5, 0.6) is 0 Å². The summed E-state index contributed by atoms with van der Waals surface area (Å²) in [5, 5.41) is 4.98. The predicted octanol–water partition coefficient (Wildman–Crippen LogP) is 2.38. The number of nitrogens with one attached hydrogen (secondary N) is 2. The lowest BCUT2D eigenvalue weighted by atomic mass is 10.1. The maximum Gasteiger partial charge on any atom is 0.282 e. The van der Waals surface area contributed by atoms with Gasteiger partial charge in [-0.3, -0.25) is 9.59 Å². The second kappa shape index (κ2) is 8.04. The molecule has 0 radical (unpaired) electrons. The number of ketones is 1. The largest absolute Gasteiger partial charge is 0.321 e. The van der Waals surface area contributed by atoms with Gasteiger partial charge in [0.15, 0.2) is 11.8 Å². The zero-order valence-corrected chi connectivity index (χ0v) is 14.6. The zero-order valence-electron chi connectivity index (χ0n) is 13.8. The van der Waals surface area contributed by atoms with E-state index in [1.807, 2.05) is 19.1 Å². The van der Waals surface area contributed by atoms with Gasteiger partial charge in [-0.05, 0) is 44.4 Å². The van der Waals surface area contributed by atoms with Crippen LogP contribution in [-0.2, 0) is 11.3 Å². The van der Waals surface area contributed by atoms with Crippen molar-refractivity contribution in [1.29, 1.82) is 0 Å². The predicted molar refractivity (Wildman–Crippen MR) is 94.1 cm³/mol. The highest BCUT2D eigenvalue weighted by Gasteiger charge is 2.24. The molecular weight excluding hydrogens is 308 g/mol. The van der Waals surface area contributed by atoms with Crippen LogP contribution < -0.4 is 10.2 Å². The lowest BCUT2D eigenvalue weighted by molar-refractivity contribution is -0.925. The first-order valence-electron chi connectivity index (χ1n) is 7.80. The molecule has 1 amide bonds. The number of thiophene rings is 1.